The quantitative estimate of drug-likeness (QED) is 0.271. The number of nitrogens with zero attached hydrogens (tertiary/aromatic N) is 1. The largest absolute Gasteiger partial charge is 0.493 e. The number of methoxy groups -OCH3 is 1. The van der Waals surface area contributed by atoms with Crippen molar-refractivity contribution in [2.75, 3.05) is 24.4 Å². The molecule has 0 heterocycles. The van der Waals surface area contributed by atoms with Crippen molar-refractivity contribution < 1.29 is 19.1 Å². The molecule has 3 aromatic carbocycles. The molecular weight excluding hydrogens is 501 g/mol. The first-order valence-electron chi connectivity index (χ1n) is 10.8. The van der Waals surface area contributed by atoms with Crippen LogP contribution in [0.1, 0.15) is 16.7 Å². The SMILES string of the molecule is COc1cc(/C=C(/C#N)C(=O)Nc2ccc(Cl)cc2)cc(Cl)c1OCC(=O)Nc1ccc(C)c(C)c1. The minimum atomic E-state index is -0.599. The van der Waals surface area contributed by atoms with E-state index in [0.29, 0.717) is 22.0 Å². The first kappa shape index (κ1) is 26.6. The Balaban J connectivity index is 1.73. The molecule has 2 N–H and O–H groups in total. The molecule has 0 radical (unpaired) electrons. The van der Waals surface area contributed by atoms with E-state index in [1.165, 1.54) is 19.3 Å². The summed E-state index contributed by atoms with van der Waals surface area (Å²) in [6.07, 6.45) is 1.37. The highest BCUT2D eigenvalue weighted by molar-refractivity contribution is 6.32. The van der Waals surface area contributed by atoms with Gasteiger partial charge in [-0.1, -0.05) is 29.3 Å². The number of anilines is 2. The number of benzene rings is 3. The summed E-state index contributed by atoms with van der Waals surface area (Å²) < 4.78 is 11.0. The number of carbonyl (C=O) groups excluding carboxylic acids is 2. The van der Waals surface area contributed by atoms with Crippen molar-refractivity contribution in [1.29, 1.82) is 5.26 Å². The molecule has 9 heteroatoms. The zero-order valence-corrected chi connectivity index (χ0v) is 21.3. The van der Waals surface area contributed by atoms with Crippen LogP contribution in [0.25, 0.3) is 6.08 Å². The predicted molar refractivity (Wildman–Crippen MR) is 142 cm³/mol. The van der Waals surface area contributed by atoms with Gasteiger partial charge in [-0.05, 0) is 85.1 Å². The minimum Gasteiger partial charge on any atom is -0.493 e. The van der Waals surface area contributed by atoms with Gasteiger partial charge in [0.2, 0.25) is 0 Å². The first-order chi connectivity index (χ1) is 17.2. The van der Waals surface area contributed by atoms with E-state index in [-0.39, 0.29) is 34.6 Å². The number of hydrogen-bond acceptors (Lipinski definition) is 5. The Labute approximate surface area is 219 Å². The third-order valence-electron chi connectivity index (χ3n) is 5.17. The van der Waals surface area contributed by atoms with Crippen molar-refractivity contribution in [2.45, 2.75) is 13.8 Å². The van der Waals surface area contributed by atoms with Crippen molar-refractivity contribution >= 4 is 52.5 Å². The molecule has 184 valence electrons. The third kappa shape index (κ3) is 7.01. The number of carbonyl (C=O) groups is 2. The zero-order valence-electron chi connectivity index (χ0n) is 19.8. The molecule has 0 atom stereocenters. The van der Waals surface area contributed by atoms with Crippen molar-refractivity contribution in [3.8, 4) is 17.6 Å². The van der Waals surface area contributed by atoms with Crippen molar-refractivity contribution in [3.05, 3.63) is 86.9 Å². The van der Waals surface area contributed by atoms with Gasteiger partial charge in [0.05, 0.1) is 12.1 Å². The van der Waals surface area contributed by atoms with Gasteiger partial charge < -0.3 is 20.1 Å². The summed E-state index contributed by atoms with van der Waals surface area (Å²) in [5, 5.41) is 15.6. The molecule has 0 aromatic heterocycles. The van der Waals surface area contributed by atoms with E-state index in [1.807, 2.05) is 38.1 Å². The Morgan fingerprint density at radius 2 is 1.67 bits per heavy atom. The lowest BCUT2D eigenvalue weighted by molar-refractivity contribution is -0.118. The summed E-state index contributed by atoms with van der Waals surface area (Å²) in [5.74, 6) is -0.567. The number of nitriles is 1. The molecule has 0 spiro atoms. The fourth-order valence-corrected chi connectivity index (χ4v) is 3.56. The molecular formula is C27H23Cl2N3O4. The third-order valence-corrected chi connectivity index (χ3v) is 5.70. The molecule has 7 nitrogen and oxygen atoms in total. The van der Waals surface area contributed by atoms with Gasteiger partial charge in [0.25, 0.3) is 11.8 Å². The van der Waals surface area contributed by atoms with Gasteiger partial charge in [-0.25, -0.2) is 0 Å². The van der Waals surface area contributed by atoms with Crippen LogP contribution in [0.4, 0.5) is 11.4 Å². The van der Waals surface area contributed by atoms with Crippen molar-refractivity contribution in [3.63, 3.8) is 0 Å². The van der Waals surface area contributed by atoms with Crippen LogP contribution in [-0.2, 0) is 9.59 Å². The van der Waals surface area contributed by atoms with Gasteiger partial charge in [-0.2, -0.15) is 5.26 Å². The Bertz CT molecular complexity index is 1360. The smallest absolute Gasteiger partial charge is 0.266 e. The Kier molecular flexibility index (Phi) is 8.96. The summed E-state index contributed by atoms with van der Waals surface area (Å²) in [6, 6.07) is 17.0. The lowest BCUT2D eigenvalue weighted by atomic mass is 10.1. The van der Waals surface area contributed by atoms with E-state index in [1.54, 1.807) is 30.3 Å². The summed E-state index contributed by atoms with van der Waals surface area (Å²) in [4.78, 5) is 24.9. The molecule has 0 saturated carbocycles. The highest BCUT2D eigenvalue weighted by Crippen LogP contribution is 2.37. The van der Waals surface area contributed by atoms with Gasteiger partial charge in [-0.3, -0.25) is 9.59 Å². The highest BCUT2D eigenvalue weighted by Gasteiger charge is 2.16. The number of hydrogen-bond donors (Lipinski definition) is 2. The second-order valence-electron chi connectivity index (χ2n) is 7.80. The lowest BCUT2D eigenvalue weighted by Crippen LogP contribution is -2.20. The second kappa shape index (κ2) is 12.1. The normalized spacial score (nSPS) is 10.8. The maximum atomic E-state index is 12.5. The van der Waals surface area contributed by atoms with E-state index in [9.17, 15) is 14.9 Å². The Morgan fingerprint density at radius 3 is 2.31 bits per heavy atom. The molecule has 3 aromatic rings. The van der Waals surface area contributed by atoms with Gasteiger partial charge in [0, 0.05) is 16.4 Å². The number of amides is 2. The van der Waals surface area contributed by atoms with Gasteiger partial charge in [-0.15, -0.1) is 0 Å². The van der Waals surface area contributed by atoms with Crippen LogP contribution < -0.4 is 20.1 Å². The number of nitrogens with one attached hydrogen (secondary N) is 2. The standard InChI is InChI=1S/C27H23Cl2N3O4/c1-16-4-7-22(10-17(16)2)31-25(33)15-36-26-23(29)12-18(13-24(26)35-3)11-19(14-30)27(34)32-21-8-5-20(28)6-9-21/h4-13H,15H2,1-3H3,(H,31,33)(H,32,34)/b19-11-. The topological polar surface area (TPSA) is 100 Å². The fraction of sp³-hybridized carbons (Fsp3) is 0.148. The maximum absolute atomic E-state index is 12.5. The van der Waals surface area contributed by atoms with Crippen LogP contribution in [0.5, 0.6) is 11.5 Å². The summed E-state index contributed by atoms with van der Waals surface area (Å²) >= 11 is 12.2. The molecule has 0 aliphatic heterocycles. The molecule has 2 amide bonds. The lowest BCUT2D eigenvalue weighted by Gasteiger charge is -2.14. The molecule has 0 fully saturated rings. The molecule has 0 saturated heterocycles. The maximum Gasteiger partial charge on any atom is 0.266 e. The number of aryl methyl sites for hydroxylation is 2. The highest BCUT2D eigenvalue weighted by atomic mass is 35.5. The summed E-state index contributed by atoms with van der Waals surface area (Å²) in [7, 11) is 1.42. The van der Waals surface area contributed by atoms with E-state index >= 15 is 0 Å². The number of rotatable bonds is 8. The molecule has 0 bridgehead atoms. The average molecular weight is 524 g/mol. The number of ether oxygens (including phenoxy) is 2. The average Bonchev–Trinajstić information content (AvgIpc) is 2.85. The van der Waals surface area contributed by atoms with Crippen LogP contribution >= 0.6 is 23.2 Å². The molecule has 0 unspecified atom stereocenters. The zero-order chi connectivity index (χ0) is 26.2. The van der Waals surface area contributed by atoms with Gasteiger partial charge in [0.15, 0.2) is 18.1 Å². The van der Waals surface area contributed by atoms with Gasteiger partial charge >= 0.3 is 0 Å². The van der Waals surface area contributed by atoms with Crippen molar-refractivity contribution in [1.82, 2.24) is 0 Å². The predicted octanol–water partition coefficient (Wildman–Crippen LogP) is 6.18. The summed E-state index contributed by atoms with van der Waals surface area (Å²) in [6.45, 7) is 3.65. The molecule has 0 aliphatic carbocycles. The molecule has 3 rings (SSSR count). The Hall–Kier alpha value is -3.99. The molecule has 0 aliphatic rings. The minimum absolute atomic E-state index is 0.148. The summed E-state index contributed by atoms with van der Waals surface area (Å²) in [5.41, 5.74) is 3.61. The Morgan fingerprint density at radius 1 is 0.972 bits per heavy atom. The first-order valence-corrected chi connectivity index (χ1v) is 11.5. The van der Waals surface area contributed by atoms with E-state index in [2.05, 4.69) is 10.6 Å². The van der Waals surface area contributed by atoms with Crippen LogP contribution in [0.15, 0.2) is 60.2 Å². The second-order valence-corrected chi connectivity index (χ2v) is 8.64. The van der Waals surface area contributed by atoms with Crippen LogP contribution in [0, 0.1) is 25.2 Å². The van der Waals surface area contributed by atoms with E-state index in [0.717, 1.165) is 11.1 Å². The van der Waals surface area contributed by atoms with Crippen LogP contribution in [0.2, 0.25) is 10.0 Å². The van der Waals surface area contributed by atoms with E-state index in [4.69, 9.17) is 32.7 Å². The van der Waals surface area contributed by atoms with Gasteiger partial charge in [0.1, 0.15) is 11.6 Å². The molecule has 36 heavy (non-hydrogen) atoms. The fourth-order valence-electron chi connectivity index (χ4n) is 3.16. The van der Waals surface area contributed by atoms with Crippen LogP contribution in [0.3, 0.4) is 0 Å². The van der Waals surface area contributed by atoms with E-state index < -0.39 is 5.91 Å². The monoisotopic (exact) mass is 523 g/mol. The van der Waals surface area contributed by atoms with Crippen LogP contribution in [-0.4, -0.2) is 25.5 Å². The number of halogens is 2. The van der Waals surface area contributed by atoms with Crippen molar-refractivity contribution in [2.24, 2.45) is 0 Å².